The van der Waals surface area contributed by atoms with Crippen LogP contribution in [0.3, 0.4) is 0 Å². The molecule has 0 spiro atoms. The van der Waals surface area contributed by atoms with Gasteiger partial charge in [-0.25, -0.2) is 4.90 Å². The standard InChI is InChI=1S/C34H25N3O3/c1-40-25-17-15-23(16-18-25)36-33(38)28-14-8-13-27-26(19-20-29(32(27)28)34(36)39)30-21-31(22-9-4-2-5-10-22)37(35-30)24-11-6-3-7-12-24/h2-20,31H,21H2,1H3. The maximum atomic E-state index is 13.7. The Balaban J connectivity index is 1.34. The minimum absolute atomic E-state index is 0.0262. The number of imide groups is 1. The zero-order valence-corrected chi connectivity index (χ0v) is 21.8. The van der Waals surface area contributed by atoms with Crippen molar-refractivity contribution in [1.82, 2.24) is 0 Å². The molecule has 2 amide bonds. The number of carbonyl (C=O) groups is 2. The van der Waals surface area contributed by atoms with E-state index in [-0.39, 0.29) is 17.9 Å². The number of benzene rings is 5. The van der Waals surface area contributed by atoms with E-state index in [1.54, 1.807) is 37.4 Å². The summed E-state index contributed by atoms with van der Waals surface area (Å²) in [4.78, 5) is 28.7. The molecule has 0 bridgehead atoms. The van der Waals surface area contributed by atoms with Gasteiger partial charge in [0.15, 0.2) is 0 Å². The zero-order chi connectivity index (χ0) is 27.2. The Morgan fingerprint density at radius 1 is 0.675 bits per heavy atom. The summed E-state index contributed by atoms with van der Waals surface area (Å²) < 4.78 is 5.24. The molecule has 0 fully saturated rings. The van der Waals surface area contributed by atoms with Gasteiger partial charge >= 0.3 is 0 Å². The molecule has 1 unspecified atom stereocenters. The van der Waals surface area contributed by atoms with Crippen molar-refractivity contribution < 1.29 is 14.3 Å². The van der Waals surface area contributed by atoms with Crippen molar-refractivity contribution in [2.75, 3.05) is 17.0 Å². The second-order valence-corrected chi connectivity index (χ2v) is 9.89. The molecule has 2 aliphatic rings. The zero-order valence-electron chi connectivity index (χ0n) is 21.8. The van der Waals surface area contributed by atoms with Gasteiger partial charge in [0.2, 0.25) is 0 Å². The third-order valence-corrected chi connectivity index (χ3v) is 7.66. The van der Waals surface area contributed by atoms with E-state index >= 15 is 0 Å². The monoisotopic (exact) mass is 523 g/mol. The van der Waals surface area contributed by atoms with Crippen LogP contribution in [0.2, 0.25) is 0 Å². The largest absolute Gasteiger partial charge is 0.497 e. The maximum absolute atomic E-state index is 13.7. The molecule has 0 aromatic heterocycles. The lowest BCUT2D eigenvalue weighted by molar-refractivity contribution is 0.0893. The minimum Gasteiger partial charge on any atom is -0.497 e. The number of hydrogen-bond acceptors (Lipinski definition) is 5. The number of hydrogen-bond donors (Lipinski definition) is 0. The van der Waals surface area contributed by atoms with E-state index in [1.807, 2.05) is 60.7 Å². The summed E-state index contributed by atoms with van der Waals surface area (Å²) in [5, 5.41) is 8.72. The Hall–Kier alpha value is -5.23. The van der Waals surface area contributed by atoms with Crippen molar-refractivity contribution in [3.05, 3.63) is 138 Å². The van der Waals surface area contributed by atoms with Gasteiger partial charge in [0.25, 0.3) is 11.8 Å². The molecule has 2 heterocycles. The summed E-state index contributed by atoms with van der Waals surface area (Å²) >= 11 is 0. The molecule has 194 valence electrons. The highest BCUT2D eigenvalue weighted by atomic mass is 16.5. The lowest BCUT2D eigenvalue weighted by atomic mass is 9.88. The molecular formula is C34H25N3O3. The summed E-state index contributed by atoms with van der Waals surface area (Å²) in [6.07, 6.45) is 0.692. The minimum atomic E-state index is -0.341. The fraction of sp³-hybridized carbons (Fsp3) is 0.0882. The number of hydrazone groups is 1. The lowest BCUT2D eigenvalue weighted by Crippen LogP contribution is -2.40. The maximum Gasteiger partial charge on any atom is 0.265 e. The molecule has 0 N–H and O–H groups in total. The van der Waals surface area contributed by atoms with Crippen LogP contribution in [0.1, 0.15) is 44.3 Å². The normalized spacial score (nSPS) is 16.4. The van der Waals surface area contributed by atoms with Gasteiger partial charge < -0.3 is 4.74 Å². The topological polar surface area (TPSA) is 62.2 Å². The molecule has 2 aliphatic heterocycles. The Labute approximate surface area is 231 Å². The van der Waals surface area contributed by atoms with Gasteiger partial charge in [-0.3, -0.25) is 14.6 Å². The van der Waals surface area contributed by atoms with Crippen LogP contribution >= 0.6 is 0 Å². The summed E-state index contributed by atoms with van der Waals surface area (Å²) in [6, 6.07) is 36.9. The number of nitrogens with zero attached hydrogens (tertiary/aromatic N) is 3. The van der Waals surface area contributed by atoms with E-state index in [0.717, 1.165) is 22.3 Å². The van der Waals surface area contributed by atoms with Crippen LogP contribution in [0.15, 0.2) is 120 Å². The number of para-hydroxylation sites is 1. The average molecular weight is 524 g/mol. The van der Waals surface area contributed by atoms with Crippen molar-refractivity contribution in [2.45, 2.75) is 12.5 Å². The van der Waals surface area contributed by atoms with Crippen molar-refractivity contribution in [2.24, 2.45) is 5.10 Å². The predicted molar refractivity (Wildman–Crippen MR) is 157 cm³/mol. The SMILES string of the molecule is COc1ccc(N2C(=O)c3cccc4c(C5=NN(c6ccccc6)C(c6ccccc6)C5)ccc(c34)C2=O)cc1. The van der Waals surface area contributed by atoms with Crippen LogP contribution in [0.4, 0.5) is 11.4 Å². The summed E-state index contributed by atoms with van der Waals surface area (Å²) in [5.74, 6) is -0.0257. The molecule has 0 aliphatic carbocycles. The van der Waals surface area contributed by atoms with E-state index in [2.05, 4.69) is 29.3 Å². The van der Waals surface area contributed by atoms with E-state index in [1.165, 1.54) is 10.5 Å². The van der Waals surface area contributed by atoms with Crippen LogP contribution in [0.25, 0.3) is 10.8 Å². The molecule has 5 aromatic carbocycles. The first-order valence-electron chi connectivity index (χ1n) is 13.2. The van der Waals surface area contributed by atoms with Gasteiger partial charge in [-0.15, -0.1) is 0 Å². The van der Waals surface area contributed by atoms with Gasteiger partial charge in [0.05, 0.1) is 30.2 Å². The van der Waals surface area contributed by atoms with E-state index < -0.39 is 0 Å². The van der Waals surface area contributed by atoms with Gasteiger partial charge in [-0.05, 0) is 59.5 Å². The molecule has 7 rings (SSSR count). The smallest absolute Gasteiger partial charge is 0.265 e. The van der Waals surface area contributed by atoms with Gasteiger partial charge in [0, 0.05) is 28.5 Å². The van der Waals surface area contributed by atoms with E-state index in [4.69, 9.17) is 9.84 Å². The first-order valence-corrected chi connectivity index (χ1v) is 13.2. The third kappa shape index (κ3) is 3.76. The second-order valence-electron chi connectivity index (χ2n) is 9.89. The first-order chi connectivity index (χ1) is 19.6. The Morgan fingerprint density at radius 2 is 1.32 bits per heavy atom. The predicted octanol–water partition coefficient (Wildman–Crippen LogP) is 7.00. The number of anilines is 2. The summed E-state index contributed by atoms with van der Waals surface area (Å²) in [5.41, 5.74) is 5.54. The number of ether oxygens (including phenoxy) is 1. The average Bonchev–Trinajstić information content (AvgIpc) is 3.46. The van der Waals surface area contributed by atoms with Crippen LogP contribution in [-0.2, 0) is 0 Å². The van der Waals surface area contributed by atoms with E-state index in [9.17, 15) is 9.59 Å². The van der Waals surface area contributed by atoms with Crippen molar-refractivity contribution >= 4 is 39.7 Å². The fourth-order valence-electron chi connectivity index (χ4n) is 5.74. The second kappa shape index (κ2) is 9.50. The highest BCUT2D eigenvalue weighted by Gasteiger charge is 2.36. The molecule has 5 aromatic rings. The van der Waals surface area contributed by atoms with Gasteiger partial charge in [-0.1, -0.05) is 66.7 Å². The number of carbonyl (C=O) groups excluding carboxylic acids is 2. The highest BCUT2D eigenvalue weighted by molar-refractivity contribution is 6.36. The van der Waals surface area contributed by atoms with Crippen molar-refractivity contribution in [1.29, 1.82) is 0 Å². The van der Waals surface area contributed by atoms with Gasteiger partial charge in [0.1, 0.15) is 5.75 Å². The molecule has 0 saturated heterocycles. The number of amides is 2. The highest BCUT2D eigenvalue weighted by Crippen LogP contribution is 2.40. The third-order valence-electron chi connectivity index (χ3n) is 7.66. The molecule has 6 heteroatoms. The van der Waals surface area contributed by atoms with Crippen molar-refractivity contribution in [3.63, 3.8) is 0 Å². The summed E-state index contributed by atoms with van der Waals surface area (Å²) in [7, 11) is 1.58. The van der Waals surface area contributed by atoms with Crippen LogP contribution in [-0.4, -0.2) is 24.6 Å². The Bertz CT molecular complexity index is 1780. The molecule has 40 heavy (non-hydrogen) atoms. The quantitative estimate of drug-likeness (QED) is 0.233. The van der Waals surface area contributed by atoms with E-state index in [0.29, 0.717) is 34.4 Å². The Morgan fingerprint density at radius 3 is 2.02 bits per heavy atom. The first kappa shape index (κ1) is 23.9. The van der Waals surface area contributed by atoms with Crippen LogP contribution < -0.4 is 14.6 Å². The molecule has 1 atom stereocenters. The molecule has 0 radical (unpaired) electrons. The Kier molecular flexibility index (Phi) is 5.67. The van der Waals surface area contributed by atoms with Crippen molar-refractivity contribution in [3.8, 4) is 5.75 Å². The van der Waals surface area contributed by atoms with Crippen LogP contribution in [0.5, 0.6) is 5.75 Å². The molecule has 0 saturated carbocycles. The molecule has 6 nitrogen and oxygen atoms in total. The number of methoxy groups -OCH3 is 1. The summed E-state index contributed by atoms with van der Waals surface area (Å²) in [6.45, 7) is 0. The fourth-order valence-corrected chi connectivity index (χ4v) is 5.74. The van der Waals surface area contributed by atoms with Crippen LogP contribution in [0, 0.1) is 0 Å². The lowest BCUT2D eigenvalue weighted by Gasteiger charge is -2.28. The van der Waals surface area contributed by atoms with Gasteiger partial charge in [-0.2, -0.15) is 5.10 Å². The number of rotatable bonds is 5. The molecular weight excluding hydrogens is 498 g/mol.